The van der Waals surface area contributed by atoms with Crippen molar-refractivity contribution in [2.45, 2.75) is 0 Å². The number of hydrogen-bond donors (Lipinski definition) is 12. The summed E-state index contributed by atoms with van der Waals surface area (Å²) in [5, 5.41) is 0. The number of phosphoric acid groups is 4. The highest BCUT2D eigenvalue weighted by atomic mass is 35.5. The summed E-state index contributed by atoms with van der Waals surface area (Å²) >= 11 is 4.64. The average Bonchev–Trinajstić information content (AvgIpc) is 1.92. The van der Waals surface area contributed by atoms with E-state index < -0.39 is 31.3 Å². The largest absolute Gasteiger partial charge is 0.466 e. The topological polar surface area (TPSA) is 311 Å². The summed E-state index contributed by atoms with van der Waals surface area (Å²) < 4.78 is 35.5. The summed E-state index contributed by atoms with van der Waals surface area (Å²) in [5.41, 5.74) is 0. The average molecular weight is 442 g/mol. The van der Waals surface area contributed by atoms with Gasteiger partial charge >= 0.3 is 31.3 Å². The van der Waals surface area contributed by atoms with Crippen molar-refractivity contribution in [3.05, 3.63) is 0 Å². The van der Waals surface area contributed by atoms with Crippen LogP contribution in [-0.4, -0.2) is 65.1 Å². The zero-order valence-electron chi connectivity index (χ0n) is 10.2. The van der Waals surface area contributed by atoms with Crippen LogP contribution in [0, 0.1) is 0 Å². The fourth-order valence-electron chi connectivity index (χ4n) is 0. The molecule has 0 heterocycles. The molecule has 16 nitrogen and oxygen atoms in total. The molecule has 142 valence electrons. The molecule has 0 aromatic rings. The van der Waals surface area contributed by atoms with Crippen molar-refractivity contribution in [3.63, 3.8) is 0 Å². The molecule has 0 rings (SSSR count). The van der Waals surface area contributed by atoms with Gasteiger partial charge in [-0.25, -0.2) is 18.3 Å². The first kappa shape index (κ1) is 34.1. The lowest BCUT2D eigenvalue weighted by Gasteiger charge is -1.82. The zero-order valence-corrected chi connectivity index (χ0v) is 14.5. The van der Waals surface area contributed by atoms with Crippen molar-refractivity contribution in [3.8, 4) is 0 Å². The van der Waals surface area contributed by atoms with E-state index >= 15 is 0 Å². The lowest BCUT2D eigenvalue weighted by molar-refractivity contribution is 0.272. The maximum absolute atomic E-state index is 8.88. The second-order valence-electron chi connectivity index (χ2n) is 2.05. The third kappa shape index (κ3) is 15100. The van der Waals surface area contributed by atoms with Crippen LogP contribution in [0.1, 0.15) is 0 Å². The molecule has 12 N–H and O–H groups in total. The standard InChI is InChI=1S/CH3Cl.4H3O4P/c1-2;4*1-5(2,3)4/h1H3;4*(H3,1,2,3,4). The van der Waals surface area contributed by atoms with Crippen molar-refractivity contribution < 1.29 is 77.0 Å². The van der Waals surface area contributed by atoms with Gasteiger partial charge in [-0.1, -0.05) is 0 Å². The van der Waals surface area contributed by atoms with Gasteiger partial charge in [0.15, 0.2) is 0 Å². The number of alkyl halides is 1. The minimum Gasteiger partial charge on any atom is -0.303 e. The van der Waals surface area contributed by atoms with Gasteiger partial charge in [0.1, 0.15) is 0 Å². The number of rotatable bonds is 0. The molecular weight excluding hydrogens is 427 g/mol. The van der Waals surface area contributed by atoms with E-state index in [2.05, 4.69) is 11.6 Å². The molecule has 0 spiro atoms. The molecule has 0 aliphatic rings. The maximum atomic E-state index is 8.88. The second-order valence-corrected chi connectivity index (χ2v) is 6.16. The third-order valence-electron chi connectivity index (χ3n) is 0. The van der Waals surface area contributed by atoms with E-state index in [0.717, 1.165) is 0 Å². The smallest absolute Gasteiger partial charge is 0.303 e. The molecule has 0 aliphatic carbocycles. The van der Waals surface area contributed by atoms with Crippen LogP contribution < -0.4 is 0 Å². The van der Waals surface area contributed by atoms with Crippen LogP contribution in [0.3, 0.4) is 0 Å². The van der Waals surface area contributed by atoms with E-state index in [-0.39, 0.29) is 0 Å². The Balaban J connectivity index is -0.0000000562. The predicted octanol–water partition coefficient (Wildman–Crippen LogP) is -2.86. The Kier molecular flexibility index (Phi) is 23.7. The first-order valence-corrected chi connectivity index (χ1v) is 10.5. The molecule has 0 radical (unpaired) electrons. The van der Waals surface area contributed by atoms with Crippen LogP contribution >= 0.6 is 42.9 Å². The summed E-state index contributed by atoms with van der Waals surface area (Å²) in [6.45, 7) is 0. The highest BCUT2D eigenvalue weighted by Gasteiger charge is 2.01. The van der Waals surface area contributed by atoms with Gasteiger partial charge in [0.05, 0.1) is 0 Å². The predicted molar refractivity (Wildman–Crippen MR) is 68.8 cm³/mol. The van der Waals surface area contributed by atoms with Crippen LogP contribution in [0.25, 0.3) is 0 Å². The molecule has 0 aromatic heterocycles. The minimum absolute atomic E-state index is 1.47. The van der Waals surface area contributed by atoms with Crippen LogP contribution in [0.15, 0.2) is 0 Å². The molecule has 0 fully saturated rings. The lowest BCUT2D eigenvalue weighted by Crippen LogP contribution is -1.66. The molecule has 0 aliphatic heterocycles. The monoisotopic (exact) mass is 442 g/mol. The summed E-state index contributed by atoms with van der Waals surface area (Å²) in [6, 6.07) is 0. The first-order chi connectivity index (χ1) is 9.00. The van der Waals surface area contributed by atoms with E-state index in [1.807, 2.05) is 0 Å². The van der Waals surface area contributed by atoms with Gasteiger partial charge in [-0.15, -0.1) is 11.6 Å². The molecule has 0 saturated carbocycles. The van der Waals surface area contributed by atoms with E-state index in [0.29, 0.717) is 0 Å². The first-order valence-electron chi connectivity index (χ1n) is 3.51. The molecule has 0 bridgehead atoms. The maximum Gasteiger partial charge on any atom is 0.466 e. The van der Waals surface area contributed by atoms with Gasteiger partial charge in [0.2, 0.25) is 0 Å². The summed E-state index contributed by atoms with van der Waals surface area (Å²) in [5.74, 6) is 0. The van der Waals surface area contributed by atoms with Crippen LogP contribution in [0.2, 0.25) is 0 Å². The normalized spacial score (nSPS) is 11.0. The van der Waals surface area contributed by atoms with Crippen molar-refractivity contribution in [1.29, 1.82) is 0 Å². The third-order valence-corrected chi connectivity index (χ3v) is 0. The van der Waals surface area contributed by atoms with Gasteiger partial charge in [-0.3, -0.25) is 0 Å². The van der Waals surface area contributed by atoms with Crippen LogP contribution in [0.5, 0.6) is 0 Å². The fourth-order valence-corrected chi connectivity index (χ4v) is 0. The molecule has 0 amide bonds. The lowest BCUT2D eigenvalue weighted by atomic mass is 12.0. The van der Waals surface area contributed by atoms with Crippen molar-refractivity contribution in [1.82, 2.24) is 0 Å². The number of hydrogen-bond acceptors (Lipinski definition) is 4. The summed E-state index contributed by atoms with van der Waals surface area (Å²) in [6.07, 6.45) is 1.47. The molecule has 0 atom stereocenters. The van der Waals surface area contributed by atoms with Crippen molar-refractivity contribution in [2.24, 2.45) is 0 Å². The van der Waals surface area contributed by atoms with E-state index in [9.17, 15) is 0 Å². The molecule has 21 heteroatoms. The van der Waals surface area contributed by atoms with Gasteiger partial charge in [-0.2, -0.15) is 0 Å². The highest BCUT2D eigenvalue weighted by Crippen LogP contribution is 2.27. The van der Waals surface area contributed by atoms with Gasteiger partial charge in [0, 0.05) is 6.38 Å². The molecule has 0 saturated heterocycles. The fraction of sp³-hybridized carbons (Fsp3) is 1.00. The van der Waals surface area contributed by atoms with Crippen molar-refractivity contribution in [2.75, 3.05) is 6.38 Å². The minimum atomic E-state index is -4.64. The number of halogens is 1. The second kappa shape index (κ2) is 15.3. The molecular formula is CH15ClO16P4. The van der Waals surface area contributed by atoms with Gasteiger partial charge in [0.25, 0.3) is 0 Å². The quantitative estimate of drug-likeness (QED) is 0.132. The SMILES string of the molecule is CCl.O=P(O)(O)O.O=P(O)(O)O.O=P(O)(O)O.O=P(O)(O)O. The van der Waals surface area contributed by atoms with Gasteiger partial charge < -0.3 is 58.7 Å². The zero-order chi connectivity index (χ0) is 20.0. The van der Waals surface area contributed by atoms with Gasteiger partial charge in [-0.05, 0) is 0 Å². The van der Waals surface area contributed by atoms with Crippen molar-refractivity contribution >= 4 is 42.9 Å². The summed E-state index contributed by atoms with van der Waals surface area (Å²) in [4.78, 5) is 86.2. The Hall–Kier alpha value is 0.730. The Morgan fingerprint density at radius 2 is 0.409 bits per heavy atom. The van der Waals surface area contributed by atoms with E-state index in [1.165, 1.54) is 6.38 Å². The summed E-state index contributed by atoms with van der Waals surface area (Å²) in [7, 11) is -18.6. The molecule has 0 aromatic carbocycles. The Bertz CT molecular complexity index is 291. The van der Waals surface area contributed by atoms with E-state index in [4.69, 9.17) is 77.0 Å². The molecule has 0 unspecified atom stereocenters. The molecule has 22 heavy (non-hydrogen) atoms. The van der Waals surface area contributed by atoms with Crippen LogP contribution in [-0.2, 0) is 18.3 Å². The Labute approximate surface area is 127 Å². The Morgan fingerprint density at radius 3 is 0.409 bits per heavy atom. The highest BCUT2D eigenvalue weighted by molar-refractivity contribution is 7.45. The van der Waals surface area contributed by atoms with Crippen LogP contribution in [0.4, 0.5) is 0 Å². The Morgan fingerprint density at radius 1 is 0.409 bits per heavy atom. The van der Waals surface area contributed by atoms with E-state index in [1.54, 1.807) is 0 Å².